The highest BCUT2D eigenvalue weighted by Crippen LogP contribution is 2.14. The highest BCUT2D eigenvalue weighted by atomic mass is 16.5. The van der Waals surface area contributed by atoms with Gasteiger partial charge in [-0.05, 0) is 23.8 Å². The number of methoxy groups -OCH3 is 1. The summed E-state index contributed by atoms with van der Waals surface area (Å²) in [6, 6.07) is 8.15. The summed E-state index contributed by atoms with van der Waals surface area (Å²) in [5, 5.41) is 4.09. The Morgan fingerprint density at radius 2 is 1.92 bits per heavy atom. The van der Waals surface area contributed by atoms with Crippen LogP contribution in [0.2, 0.25) is 0 Å². The summed E-state index contributed by atoms with van der Waals surface area (Å²) >= 11 is 0. The number of amides is 1. The Balaban J connectivity index is 1.47. The summed E-state index contributed by atoms with van der Waals surface area (Å²) in [5.74, 6) is 0.938. The van der Waals surface area contributed by atoms with E-state index in [2.05, 4.69) is 22.1 Å². The van der Waals surface area contributed by atoms with Gasteiger partial charge < -0.3 is 9.64 Å². The van der Waals surface area contributed by atoms with Crippen molar-refractivity contribution in [2.45, 2.75) is 6.54 Å². The van der Waals surface area contributed by atoms with E-state index in [-0.39, 0.29) is 5.91 Å². The van der Waals surface area contributed by atoms with Gasteiger partial charge in [-0.25, -0.2) is 0 Å². The number of piperazine rings is 1. The lowest BCUT2D eigenvalue weighted by Crippen LogP contribution is -2.47. The van der Waals surface area contributed by atoms with Crippen LogP contribution in [0, 0.1) is 0 Å². The molecule has 25 heavy (non-hydrogen) atoms. The lowest BCUT2D eigenvalue weighted by Gasteiger charge is -2.34. The predicted molar refractivity (Wildman–Crippen MR) is 97.1 cm³/mol. The van der Waals surface area contributed by atoms with Crippen LogP contribution in [0.1, 0.15) is 11.1 Å². The lowest BCUT2D eigenvalue weighted by molar-refractivity contribution is -0.127. The second-order valence-corrected chi connectivity index (χ2v) is 6.23. The molecule has 0 bridgehead atoms. The molecule has 0 unspecified atom stereocenters. The number of nitrogens with zero attached hydrogens (tertiary/aromatic N) is 4. The van der Waals surface area contributed by atoms with Gasteiger partial charge in [0.25, 0.3) is 0 Å². The highest BCUT2D eigenvalue weighted by Gasteiger charge is 2.19. The fourth-order valence-electron chi connectivity index (χ4n) is 2.91. The molecule has 0 aliphatic carbocycles. The first-order valence-electron chi connectivity index (χ1n) is 8.45. The Hall–Kier alpha value is -2.60. The van der Waals surface area contributed by atoms with Crippen molar-refractivity contribution in [3.63, 3.8) is 0 Å². The zero-order chi connectivity index (χ0) is 17.6. The molecule has 0 N–H and O–H groups in total. The second kappa shape index (κ2) is 7.98. The minimum atomic E-state index is 0.0629. The molecule has 1 amide bonds. The van der Waals surface area contributed by atoms with Crippen LogP contribution < -0.4 is 4.74 Å². The van der Waals surface area contributed by atoms with Crippen LogP contribution in [-0.2, 0) is 18.4 Å². The largest absolute Gasteiger partial charge is 0.497 e. The van der Waals surface area contributed by atoms with E-state index in [4.69, 9.17) is 4.74 Å². The van der Waals surface area contributed by atoms with Crippen LogP contribution in [0.15, 0.2) is 42.7 Å². The van der Waals surface area contributed by atoms with Crippen LogP contribution in [-0.4, -0.2) is 58.8 Å². The van der Waals surface area contributed by atoms with Gasteiger partial charge in [0.2, 0.25) is 5.91 Å². The average Bonchev–Trinajstić information content (AvgIpc) is 3.06. The molecule has 1 fully saturated rings. The molecule has 2 heterocycles. The fourth-order valence-corrected chi connectivity index (χ4v) is 2.91. The lowest BCUT2D eigenvalue weighted by atomic mass is 10.2. The van der Waals surface area contributed by atoms with Crippen molar-refractivity contribution in [2.75, 3.05) is 33.3 Å². The van der Waals surface area contributed by atoms with Gasteiger partial charge in [0, 0.05) is 57.6 Å². The second-order valence-electron chi connectivity index (χ2n) is 6.23. The molecule has 1 aliphatic rings. The fraction of sp³-hybridized carbons (Fsp3) is 0.368. The normalized spacial score (nSPS) is 15.7. The summed E-state index contributed by atoms with van der Waals surface area (Å²) in [5.41, 5.74) is 2.20. The van der Waals surface area contributed by atoms with E-state index < -0.39 is 0 Å². The molecule has 1 aliphatic heterocycles. The monoisotopic (exact) mass is 340 g/mol. The van der Waals surface area contributed by atoms with Gasteiger partial charge in [0.15, 0.2) is 0 Å². The zero-order valence-corrected chi connectivity index (χ0v) is 14.8. The van der Waals surface area contributed by atoms with E-state index in [1.807, 2.05) is 36.4 Å². The molecule has 0 radical (unpaired) electrons. The number of rotatable bonds is 5. The quantitative estimate of drug-likeness (QED) is 0.779. The minimum Gasteiger partial charge on any atom is -0.497 e. The molecule has 0 atom stereocenters. The summed E-state index contributed by atoms with van der Waals surface area (Å²) in [7, 11) is 3.54. The maximum absolute atomic E-state index is 12.3. The number of hydrogen-bond donors (Lipinski definition) is 0. The maximum atomic E-state index is 12.3. The molecule has 1 aromatic carbocycles. The van der Waals surface area contributed by atoms with E-state index in [1.54, 1.807) is 24.1 Å². The van der Waals surface area contributed by atoms with E-state index in [0.717, 1.165) is 44.0 Å². The van der Waals surface area contributed by atoms with Crippen LogP contribution in [0.3, 0.4) is 0 Å². The third-order valence-electron chi connectivity index (χ3n) is 4.39. The predicted octanol–water partition coefficient (Wildman–Crippen LogP) is 1.79. The molecule has 3 rings (SSSR count). The van der Waals surface area contributed by atoms with Gasteiger partial charge in [0.05, 0.1) is 13.3 Å². The Morgan fingerprint density at radius 1 is 1.20 bits per heavy atom. The van der Waals surface area contributed by atoms with Gasteiger partial charge in [-0.1, -0.05) is 12.1 Å². The van der Waals surface area contributed by atoms with Gasteiger partial charge in [-0.15, -0.1) is 0 Å². The Kier molecular flexibility index (Phi) is 5.50. The first kappa shape index (κ1) is 17.2. The van der Waals surface area contributed by atoms with Crippen LogP contribution >= 0.6 is 0 Å². The molecular formula is C19H24N4O2. The van der Waals surface area contributed by atoms with Crippen LogP contribution in [0.5, 0.6) is 5.75 Å². The topological polar surface area (TPSA) is 50.6 Å². The summed E-state index contributed by atoms with van der Waals surface area (Å²) < 4.78 is 6.91. The zero-order valence-electron chi connectivity index (χ0n) is 14.8. The molecule has 0 saturated carbocycles. The maximum Gasteiger partial charge on any atom is 0.246 e. The van der Waals surface area contributed by atoms with Crippen molar-refractivity contribution >= 4 is 12.0 Å². The smallest absolute Gasteiger partial charge is 0.246 e. The van der Waals surface area contributed by atoms with Crippen LogP contribution in [0.4, 0.5) is 0 Å². The third kappa shape index (κ3) is 4.70. The molecule has 1 aromatic heterocycles. The Bertz CT molecular complexity index is 728. The van der Waals surface area contributed by atoms with Crippen LogP contribution in [0.25, 0.3) is 6.08 Å². The summed E-state index contributed by atoms with van der Waals surface area (Å²) in [4.78, 5) is 16.6. The molecule has 1 saturated heterocycles. The summed E-state index contributed by atoms with van der Waals surface area (Å²) in [6.45, 7) is 4.19. The molecule has 132 valence electrons. The number of carbonyl (C=O) groups excluding carboxylic acids is 1. The van der Waals surface area contributed by atoms with Gasteiger partial charge in [-0.2, -0.15) is 5.10 Å². The minimum absolute atomic E-state index is 0.0629. The van der Waals surface area contributed by atoms with Crippen molar-refractivity contribution in [1.29, 1.82) is 0 Å². The number of aromatic nitrogens is 2. The first-order chi connectivity index (χ1) is 12.1. The van der Waals surface area contributed by atoms with E-state index in [0.29, 0.717) is 0 Å². The third-order valence-corrected chi connectivity index (χ3v) is 4.39. The van der Waals surface area contributed by atoms with Crippen molar-refractivity contribution in [2.24, 2.45) is 7.05 Å². The average molecular weight is 340 g/mol. The van der Waals surface area contributed by atoms with Crippen molar-refractivity contribution in [3.8, 4) is 5.75 Å². The Morgan fingerprint density at radius 3 is 2.52 bits per heavy atom. The number of benzene rings is 1. The number of aryl methyl sites for hydroxylation is 1. The SMILES string of the molecule is COc1ccc(CN2CCN(C(=O)/C=C/c3cnn(C)c3)CC2)cc1. The molecule has 6 heteroatoms. The standard InChI is InChI=1S/C19H24N4O2/c1-21-14-17(13-20-21)5-8-19(24)23-11-9-22(10-12-23)15-16-3-6-18(25-2)7-4-16/h3-8,13-14H,9-12,15H2,1-2H3/b8-5+. The van der Waals surface area contributed by atoms with E-state index >= 15 is 0 Å². The summed E-state index contributed by atoms with van der Waals surface area (Å²) in [6.07, 6.45) is 7.09. The van der Waals surface area contributed by atoms with Gasteiger partial charge >= 0.3 is 0 Å². The number of hydrogen-bond acceptors (Lipinski definition) is 4. The Labute approximate surface area is 148 Å². The van der Waals surface area contributed by atoms with E-state index in [1.165, 1.54) is 5.56 Å². The highest BCUT2D eigenvalue weighted by molar-refractivity contribution is 5.91. The number of ether oxygens (including phenoxy) is 1. The van der Waals surface area contributed by atoms with Crippen molar-refractivity contribution in [3.05, 3.63) is 53.9 Å². The molecular weight excluding hydrogens is 316 g/mol. The molecule has 2 aromatic rings. The van der Waals surface area contributed by atoms with Gasteiger partial charge in [-0.3, -0.25) is 14.4 Å². The number of carbonyl (C=O) groups is 1. The molecule has 0 spiro atoms. The van der Waals surface area contributed by atoms with Gasteiger partial charge in [0.1, 0.15) is 5.75 Å². The molecule has 6 nitrogen and oxygen atoms in total. The first-order valence-corrected chi connectivity index (χ1v) is 8.45. The van der Waals surface area contributed by atoms with Crippen molar-refractivity contribution < 1.29 is 9.53 Å². The van der Waals surface area contributed by atoms with Crippen molar-refractivity contribution in [1.82, 2.24) is 19.6 Å². The van der Waals surface area contributed by atoms with E-state index in [9.17, 15) is 4.79 Å².